The van der Waals surface area contributed by atoms with Gasteiger partial charge in [0.2, 0.25) is 5.91 Å². The molecule has 3 nitrogen and oxygen atoms in total. The maximum absolute atomic E-state index is 11.3. The zero-order valence-corrected chi connectivity index (χ0v) is 9.95. The maximum atomic E-state index is 11.3. The van der Waals surface area contributed by atoms with Crippen molar-refractivity contribution in [1.29, 1.82) is 0 Å². The number of anilines is 1. The van der Waals surface area contributed by atoms with E-state index in [0.29, 0.717) is 10.7 Å². The van der Waals surface area contributed by atoms with Crippen molar-refractivity contribution in [1.82, 2.24) is 0 Å². The van der Waals surface area contributed by atoms with E-state index in [0.717, 1.165) is 11.3 Å². The molecule has 1 rings (SSSR count). The summed E-state index contributed by atoms with van der Waals surface area (Å²) < 4.78 is 0. The first-order valence-electron chi connectivity index (χ1n) is 4.32. The van der Waals surface area contributed by atoms with Crippen LogP contribution in [0, 0.1) is 0 Å². The zero-order valence-electron chi connectivity index (χ0n) is 8.32. The average Bonchev–Trinajstić information content (AvgIpc) is 2.18. The third kappa shape index (κ3) is 3.89. The summed E-state index contributed by atoms with van der Waals surface area (Å²) in [5, 5.41) is 2.76. The average molecular weight is 240 g/mol. The molecule has 0 aliphatic rings. The van der Waals surface area contributed by atoms with E-state index in [-0.39, 0.29) is 5.91 Å². The van der Waals surface area contributed by atoms with Crippen LogP contribution in [-0.2, 0) is 4.79 Å². The van der Waals surface area contributed by atoms with Gasteiger partial charge < -0.3 is 11.1 Å². The molecule has 0 atom stereocenters. The predicted molar refractivity (Wildman–Crippen MR) is 69.3 cm³/mol. The standard InChI is InChI=1S/C10H12N2OS2/c1-15-6-9(13)12-8-4-2-3-7(5-8)10(11)14/h2-5H,6H2,1H3,(H2,11,14)(H,12,13). The summed E-state index contributed by atoms with van der Waals surface area (Å²) in [5.74, 6) is 0.416. The molecule has 0 heterocycles. The summed E-state index contributed by atoms with van der Waals surface area (Å²) >= 11 is 6.32. The van der Waals surface area contributed by atoms with Gasteiger partial charge in [-0.25, -0.2) is 0 Å². The summed E-state index contributed by atoms with van der Waals surface area (Å²) in [6, 6.07) is 7.19. The number of nitrogens with one attached hydrogen (secondary N) is 1. The normalized spacial score (nSPS) is 9.67. The molecule has 0 unspecified atom stereocenters. The van der Waals surface area contributed by atoms with Gasteiger partial charge in [0, 0.05) is 11.3 Å². The lowest BCUT2D eigenvalue weighted by molar-refractivity contribution is -0.113. The number of carbonyl (C=O) groups excluding carboxylic acids is 1. The van der Waals surface area contributed by atoms with Crippen molar-refractivity contribution < 1.29 is 4.79 Å². The van der Waals surface area contributed by atoms with E-state index in [1.54, 1.807) is 12.1 Å². The number of amides is 1. The smallest absolute Gasteiger partial charge is 0.234 e. The largest absolute Gasteiger partial charge is 0.389 e. The highest BCUT2D eigenvalue weighted by atomic mass is 32.2. The highest BCUT2D eigenvalue weighted by Crippen LogP contribution is 2.10. The highest BCUT2D eigenvalue weighted by molar-refractivity contribution is 7.99. The van der Waals surface area contributed by atoms with Gasteiger partial charge >= 0.3 is 0 Å². The molecule has 80 valence electrons. The fourth-order valence-electron chi connectivity index (χ4n) is 1.08. The first-order chi connectivity index (χ1) is 7.13. The van der Waals surface area contributed by atoms with Gasteiger partial charge in [0.1, 0.15) is 4.99 Å². The quantitative estimate of drug-likeness (QED) is 0.785. The fraction of sp³-hybridized carbons (Fsp3) is 0.200. The van der Waals surface area contributed by atoms with E-state index in [1.807, 2.05) is 18.4 Å². The van der Waals surface area contributed by atoms with Crippen LogP contribution in [0.1, 0.15) is 5.56 Å². The summed E-state index contributed by atoms with van der Waals surface area (Å²) in [6.45, 7) is 0. The Bertz CT molecular complexity index is 379. The minimum atomic E-state index is -0.0254. The first kappa shape index (κ1) is 12.0. The van der Waals surface area contributed by atoms with Gasteiger partial charge in [-0.3, -0.25) is 4.79 Å². The molecule has 0 saturated heterocycles. The molecular formula is C10H12N2OS2. The molecule has 0 bridgehead atoms. The van der Waals surface area contributed by atoms with Crippen molar-refractivity contribution in [3.63, 3.8) is 0 Å². The summed E-state index contributed by atoms with van der Waals surface area (Å²) in [7, 11) is 0. The lowest BCUT2D eigenvalue weighted by atomic mass is 10.2. The molecular weight excluding hydrogens is 228 g/mol. The van der Waals surface area contributed by atoms with Crippen LogP contribution in [-0.4, -0.2) is 22.9 Å². The SMILES string of the molecule is CSCC(=O)Nc1cccc(C(N)=S)c1. The number of benzene rings is 1. The van der Waals surface area contributed by atoms with E-state index < -0.39 is 0 Å². The Morgan fingerprint density at radius 3 is 2.93 bits per heavy atom. The Morgan fingerprint density at radius 2 is 2.33 bits per heavy atom. The second-order valence-corrected chi connectivity index (χ2v) is 4.23. The van der Waals surface area contributed by atoms with Crippen molar-refractivity contribution in [2.45, 2.75) is 0 Å². The number of thiocarbonyl (C=S) groups is 1. The minimum Gasteiger partial charge on any atom is -0.389 e. The van der Waals surface area contributed by atoms with Crippen LogP contribution in [0.25, 0.3) is 0 Å². The van der Waals surface area contributed by atoms with Crippen molar-refractivity contribution in [2.75, 3.05) is 17.3 Å². The number of thioether (sulfide) groups is 1. The van der Waals surface area contributed by atoms with Crippen LogP contribution in [0.15, 0.2) is 24.3 Å². The van der Waals surface area contributed by atoms with E-state index in [1.165, 1.54) is 11.8 Å². The number of nitrogens with two attached hydrogens (primary N) is 1. The molecule has 0 aromatic heterocycles. The number of hydrogen-bond donors (Lipinski definition) is 2. The summed E-state index contributed by atoms with van der Waals surface area (Å²) in [5.41, 5.74) is 6.96. The molecule has 0 fully saturated rings. The van der Waals surface area contributed by atoms with Crippen LogP contribution < -0.4 is 11.1 Å². The Hall–Kier alpha value is -1.07. The molecule has 0 aliphatic heterocycles. The molecule has 3 N–H and O–H groups in total. The van der Waals surface area contributed by atoms with Gasteiger partial charge in [0.15, 0.2) is 0 Å². The van der Waals surface area contributed by atoms with Crippen LogP contribution in [0.5, 0.6) is 0 Å². The highest BCUT2D eigenvalue weighted by Gasteiger charge is 2.02. The molecule has 0 saturated carbocycles. The monoisotopic (exact) mass is 240 g/mol. The van der Waals surface area contributed by atoms with Crippen molar-refractivity contribution in [3.8, 4) is 0 Å². The van der Waals surface area contributed by atoms with E-state index in [4.69, 9.17) is 18.0 Å². The maximum Gasteiger partial charge on any atom is 0.234 e. The van der Waals surface area contributed by atoms with Crippen molar-refractivity contribution in [2.24, 2.45) is 5.73 Å². The molecule has 15 heavy (non-hydrogen) atoms. The molecule has 1 aromatic carbocycles. The molecule has 0 aliphatic carbocycles. The predicted octanol–water partition coefficient (Wildman–Crippen LogP) is 1.62. The Balaban J connectivity index is 2.73. The summed E-state index contributed by atoms with van der Waals surface area (Å²) in [4.78, 5) is 11.6. The third-order valence-corrected chi connectivity index (χ3v) is 2.49. The van der Waals surface area contributed by atoms with Gasteiger partial charge in [-0.1, -0.05) is 24.4 Å². The Labute approximate surface area is 98.4 Å². The number of rotatable bonds is 4. The summed E-state index contributed by atoms with van der Waals surface area (Å²) in [6.07, 6.45) is 1.88. The fourth-order valence-corrected chi connectivity index (χ4v) is 1.54. The van der Waals surface area contributed by atoms with Gasteiger partial charge in [0.05, 0.1) is 5.75 Å². The molecule has 1 aromatic rings. The Morgan fingerprint density at radius 1 is 1.60 bits per heavy atom. The third-order valence-electron chi connectivity index (χ3n) is 1.71. The number of hydrogen-bond acceptors (Lipinski definition) is 3. The van der Waals surface area contributed by atoms with Gasteiger partial charge in [0.25, 0.3) is 0 Å². The minimum absolute atomic E-state index is 0.0254. The van der Waals surface area contributed by atoms with Gasteiger partial charge in [-0.15, -0.1) is 0 Å². The lowest BCUT2D eigenvalue weighted by Crippen LogP contribution is -2.15. The number of carbonyl (C=O) groups is 1. The van der Waals surface area contributed by atoms with Crippen molar-refractivity contribution in [3.05, 3.63) is 29.8 Å². The molecule has 5 heteroatoms. The van der Waals surface area contributed by atoms with Gasteiger partial charge in [-0.2, -0.15) is 11.8 Å². The van der Waals surface area contributed by atoms with E-state index in [9.17, 15) is 4.79 Å². The van der Waals surface area contributed by atoms with Crippen LogP contribution in [0.3, 0.4) is 0 Å². The van der Waals surface area contributed by atoms with E-state index in [2.05, 4.69) is 5.32 Å². The van der Waals surface area contributed by atoms with Crippen LogP contribution in [0.2, 0.25) is 0 Å². The molecule has 0 radical (unpaired) electrons. The van der Waals surface area contributed by atoms with Crippen molar-refractivity contribution >= 4 is 40.6 Å². The zero-order chi connectivity index (χ0) is 11.3. The van der Waals surface area contributed by atoms with Crippen LogP contribution >= 0.6 is 24.0 Å². The molecule has 1 amide bonds. The Kier molecular flexibility index (Phi) is 4.58. The second-order valence-electron chi connectivity index (χ2n) is 2.93. The van der Waals surface area contributed by atoms with Gasteiger partial charge in [-0.05, 0) is 18.4 Å². The molecule has 0 spiro atoms. The lowest BCUT2D eigenvalue weighted by Gasteiger charge is -2.05. The second kappa shape index (κ2) is 5.72. The van der Waals surface area contributed by atoms with E-state index >= 15 is 0 Å². The topological polar surface area (TPSA) is 55.1 Å². The first-order valence-corrected chi connectivity index (χ1v) is 6.12. The van der Waals surface area contributed by atoms with Crippen LogP contribution in [0.4, 0.5) is 5.69 Å².